The number of halogens is 2. The van der Waals surface area contributed by atoms with Crippen molar-refractivity contribution in [1.82, 2.24) is 19.9 Å². The van der Waals surface area contributed by atoms with Crippen LogP contribution in [-0.4, -0.2) is 72.2 Å². The van der Waals surface area contributed by atoms with Crippen LogP contribution in [0.2, 0.25) is 0 Å². The number of thiophene rings is 1. The molecule has 0 amide bonds. The van der Waals surface area contributed by atoms with Crippen LogP contribution in [0.15, 0.2) is 18.3 Å². The van der Waals surface area contributed by atoms with Crippen molar-refractivity contribution in [2.45, 2.75) is 48.8 Å². The third kappa shape index (κ3) is 5.23. The molecule has 0 aliphatic carbocycles. The summed E-state index contributed by atoms with van der Waals surface area (Å²) in [6.07, 6.45) is 0.810. The number of ether oxygens (including phenoxy) is 1. The molecule has 6 rings (SSSR count). The maximum absolute atomic E-state index is 14.1. The second kappa shape index (κ2) is 11.9. The highest BCUT2D eigenvalue weighted by Gasteiger charge is 2.53. The lowest BCUT2D eigenvalue weighted by molar-refractivity contribution is 0.151. The lowest BCUT2D eigenvalue weighted by Gasteiger charge is -2.49. The van der Waals surface area contributed by atoms with Gasteiger partial charge in [0.25, 0.3) is 6.43 Å². The molecule has 230 valence electrons. The molecule has 1 spiro atoms. The number of fused-ring (bicyclic) bond motifs is 2. The van der Waals surface area contributed by atoms with E-state index < -0.39 is 19.0 Å². The highest BCUT2D eigenvalue weighted by Crippen LogP contribution is 2.58. The first-order valence-corrected chi connectivity index (χ1v) is 16.1. The summed E-state index contributed by atoms with van der Waals surface area (Å²) < 4.78 is 34.0. The molecule has 2 atom stereocenters. The van der Waals surface area contributed by atoms with E-state index in [1.807, 2.05) is 11.9 Å². The molecule has 15 heteroatoms. The minimum atomic E-state index is -2.73. The van der Waals surface area contributed by atoms with Gasteiger partial charge in [-0.2, -0.15) is 20.5 Å². The van der Waals surface area contributed by atoms with Gasteiger partial charge in [0.2, 0.25) is 0 Å². The fourth-order valence-electron chi connectivity index (χ4n) is 6.34. The number of rotatable bonds is 9. The molecule has 3 aromatic heterocycles. The lowest BCUT2D eigenvalue weighted by atomic mass is 9.88. The number of nitrogen functional groups attached to an aromatic ring is 2. The summed E-state index contributed by atoms with van der Waals surface area (Å²) in [6.45, 7) is 3.24. The fourth-order valence-corrected chi connectivity index (χ4v) is 9.15. The van der Waals surface area contributed by atoms with E-state index in [9.17, 15) is 19.3 Å². The number of nitrogens with two attached hydrogens (primary N) is 2. The van der Waals surface area contributed by atoms with Crippen molar-refractivity contribution in [3.63, 3.8) is 0 Å². The van der Waals surface area contributed by atoms with E-state index in [0.717, 1.165) is 35.6 Å². The number of thioether (sulfide) groups is 1. The Balaban J connectivity index is 1.41. The first-order valence-electron chi connectivity index (χ1n) is 14.3. The van der Waals surface area contributed by atoms with Gasteiger partial charge in [0.05, 0.1) is 22.9 Å². The number of hydrogen-bond donors (Lipinski definition) is 2. The number of nitriles is 2. The number of anilines is 4. The third-order valence-electron chi connectivity index (χ3n) is 8.68. The van der Waals surface area contributed by atoms with Crippen molar-refractivity contribution in [3.8, 4) is 18.1 Å². The highest BCUT2D eigenvalue weighted by atomic mass is 32.2. The molecule has 4 N–H and O–H groups in total. The van der Waals surface area contributed by atoms with Crippen LogP contribution in [0, 0.1) is 22.7 Å². The van der Waals surface area contributed by atoms with E-state index in [1.54, 1.807) is 30.8 Å². The molecule has 2 fully saturated rings. The van der Waals surface area contributed by atoms with Gasteiger partial charge < -0.3 is 30.9 Å². The van der Waals surface area contributed by atoms with Crippen molar-refractivity contribution in [2.24, 2.45) is 0 Å². The van der Waals surface area contributed by atoms with E-state index in [2.05, 4.69) is 32.0 Å². The van der Waals surface area contributed by atoms with Gasteiger partial charge >= 0.3 is 6.01 Å². The Kier molecular flexibility index (Phi) is 8.13. The van der Waals surface area contributed by atoms with Crippen LogP contribution in [0.5, 0.6) is 6.01 Å². The van der Waals surface area contributed by atoms with Crippen LogP contribution in [0.25, 0.3) is 0 Å². The van der Waals surface area contributed by atoms with E-state index in [-0.39, 0.29) is 34.0 Å². The molecular weight excluding hydrogens is 607 g/mol. The quantitative estimate of drug-likeness (QED) is 0.346. The zero-order valence-corrected chi connectivity index (χ0v) is 26.0. The fraction of sp³-hybridized carbons (Fsp3) is 0.483. The van der Waals surface area contributed by atoms with Crippen molar-refractivity contribution < 1.29 is 13.5 Å². The molecule has 0 radical (unpaired) electrons. The van der Waals surface area contributed by atoms with Gasteiger partial charge in [0.1, 0.15) is 35.1 Å². The standard InChI is InChI=1S/C29H32F2N10OS2/c1-16(18-6-3-7-36-24(18)34)41(11-22(30)31)27-20(10-33)26(37-28(38-27)42-12-17-5-4-8-39(17)2)40-14-29(15-40)23-19(9-32)25(35)44-21(23)13-43-29/h3,6-7,16-17,22H,4-5,8,11-15,35H2,1-2H3,(H2,34,36)/t16-,17+/m1/s1. The summed E-state index contributed by atoms with van der Waals surface area (Å²) in [4.78, 5) is 20.0. The number of likely N-dealkylation sites (N-methyl/N-ethyl adjacent to an activating group) is 1. The maximum atomic E-state index is 14.1. The minimum absolute atomic E-state index is 0.0122. The van der Waals surface area contributed by atoms with Crippen molar-refractivity contribution in [2.75, 3.05) is 61.1 Å². The Hall–Kier alpha value is -3.92. The zero-order valence-electron chi connectivity index (χ0n) is 24.3. The maximum Gasteiger partial charge on any atom is 0.320 e. The Morgan fingerprint density at radius 1 is 1.23 bits per heavy atom. The number of pyridine rings is 1. The summed E-state index contributed by atoms with van der Waals surface area (Å²) in [5, 5.41) is 20.8. The van der Waals surface area contributed by atoms with Crippen molar-refractivity contribution in [3.05, 3.63) is 45.5 Å². The van der Waals surface area contributed by atoms with E-state index in [4.69, 9.17) is 16.2 Å². The Morgan fingerprint density at radius 3 is 2.66 bits per heavy atom. The smallest absolute Gasteiger partial charge is 0.320 e. The Morgan fingerprint density at radius 2 is 2.00 bits per heavy atom. The minimum Gasteiger partial charge on any atom is -0.462 e. The van der Waals surface area contributed by atoms with Gasteiger partial charge in [-0.1, -0.05) is 6.07 Å². The molecule has 2 saturated heterocycles. The first-order chi connectivity index (χ1) is 21.2. The van der Waals surface area contributed by atoms with Crippen molar-refractivity contribution >= 4 is 45.6 Å². The number of hydrogen-bond acceptors (Lipinski definition) is 13. The molecule has 6 heterocycles. The van der Waals surface area contributed by atoms with Crippen LogP contribution >= 0.6 is 23.1 Å². The SMILES string of the molecule is C[C@H](c1cccnc1N)N(CC(F)F)c1nc(OC[C@@H]2CCCN2C)nc(N2CC3(C2)SCc2sc(N)c(C#N)c23)c1C#N. The predicted molar refractivity (Wildman–Crippen MR) is 167 cm³/mol. The largest absolute Gasteiger partial charge is 0.462 e. The van der Waals surface area contributed by atoms with Crippen LogP contribution < -0.4 is 26.0 Å². The normalized spacial score (nSPS) is 19.4. The second-order valence-electron chi connectivity index (χ2n) is 11.3. The molecule has 3 aliphatic heterocycles. The molecule has 3 aromatic rings. The van der Waals surface area contributed by atoms with Gasteiger partial charge in [-0.3, -0.25) is 0 Å². The first kappa shape index (κ1) is 30.1. The average molecular weight is 639 g/mol. The van der Waals surface area contributed by atoms with Gasteiger partial charge in [-0.15, -0.1) is 23.1 Å². The number of alkyl halides is 2. The lowest BCUT2D eigenvalue weighted by Crippen LogP contribution is -2.57. The van der Waals surface area contributed by atoms with Crippen LogP contribution in [-0.2, 0) is 10.5 Å². The number of likely N-dealkylation sites (tertiary alicyclic amines) is 1. The summed E-state index contributed by atoms with van der Waals surface area (Å²) >= 11 is 3.18. The van der Waals surface area contributed by atoms with Crippen LogP contribution in [0.1, 0.15) is 52.9 Å². The monoisotopic (exact) mass is 638 g/mol. The second-order valence-corrected chi connectivity index (χ2v) is 13.8. The molecule has 44 heavy (non-hydrogen) atoms. The summed E-state index contributed by atoms with van der Waals surface area (Å²) in [7, 11) is 2.03. The topological polar surface area (TPSA) is 157 Å². The Labute approximate surface area is 262 Å². The molecule has 0 unspecified atom stereocenters. The number of nitrogens with zero attached hydrogens (tertiary/aromatic N) is 8. The highest BCUT2D eigenvalue weighted by molar-refractivity contribution is 8.00. The molecule has 3 aliphatic rings. The van der Waals surface area contributed by atoms with Crippen LogP contribution in [0.3, 0.4) is 0 Å². The summed E-state index contributed by atoms with van der Waals surface area (Å²) in [6, 6.07) is 7.37. The zero-order chi connectivity index (χ0) is 31.2. The predicted octanol–water partition coefficient (Wildman–Crippen LogP) is 4.11. The summed E-state index contributed by atoms with van der Waals surface area (Å²) in [5.74, 6) is 1.30. The number of aromatic nitrogens is 3. The third-order valence-corrected chi connectivity index (χ3v) is 11.3. The van der Waals surface area contributed by atoms with Crippen molar-refractivity contribution in [1.29, 1.82) is 10.5 Å². The Bertz CT molecular complexity index is 1650. The summed E-state index contributed by atoms with van der Waals surface area (Å²) in [5.41, 5.74) is 14.4. The molecule has 11 nitrogen and oxygen atoms in total. The van der Waals surface area contributed by atoms with E-state index in [1.165, 1.54) is 22.4 Å². The van der Waals surface area contributed by atoms with Crippen LogP contribution in [0.4, 0.5) is 31.2 Å². The van der Waals surface area contributed by atoms with Gasteiger partial charge in [-0.25, -0.2) is 13.8 Å². The molecule has 0 aromatic carbocycles. The van der Waals surface area contributed by atoms with E-state index >= 15 is 0 Å². The van der Waals surface area contributed by atoms with Gasteiger partial charge in [0.15, 0.2) is 11.6 Å². The molecular formula is C29H32F2N10OS2. The average Bonchev–Trinajstić information content (AvgIpc) is 3.66. The molecule has 0 saturated carbocycles. The molecule has 0 bridgehead atoms. The van der Waals surface area contributed by atoms with Gasteiger partial charge in [0, 0.05) is 47.1 Å². The van der Waals surface area contributed by atoms with Gasteiger partial charge in [-0.05, 0) is 39.4 Å². The van der Waals surface area contributed by atoms with E-state index in [0.29, 0.717) is 41.6 Å².